The maximum absolute atomic E-state index is 13.2. The summed E-state index contributed by atoms with van der Waals surface area (Å²) in [6, 6.07) is 22.9. The lowest BCUT2D eigenvalue weighted by Crippen LogP contribution is -2.30. The van der Waals surface area contributed by atoms with Crippen molar-refractivity contribution in [2.24, 2.45) is 0 Å². The summed E-state index contributed by atoms with van der Waals surface area (Å²) < 4.78 is 19.1. The minimum atomic E-state index is -0.375. The molecule has 0 radical (unpaired) electrons. The summed E-state index contributed by atoms with van der Waals surface area (Å²) in [7, 11) is 0. The number of benzene rings is 3. The van der Waals surface area contributed by atoms with Gasteiger partial charge < -0.3 is 10.1 Å². The molecule has 1 amide bonds. The Hall–Kier alpha value is -3.51. The van der Waals surface area contributed by atoms with E-state index in [4.69, 9.17) is 17.0 Å². The standard InChI is InChI=1S/C23H17FN2O2S/c24-18-10-12-19(13-11-18)26-22(27)20(25-23(26)29)14-17-8-4-5-9-21(17)28-15-16-6-2-1-3-7-16/h1-14H,15H2,(H,25,29)/b20-14+. The lowest BCUT2D eigenvalue weighted by atomic mass is 10.1. The number of rotatable bonds is 5. The van der Waals surface area contributed by atoms with Crippen molar-refractivity contribution in [1.82, 2.24) is 5.32 Å². The van der Waals surface area contributed by atoms with Crippen LogP contribution in [0.1, 0.15) is 11.1 Å². The van der Waals surface area contributed by atoms with E-state index in [0.717, 1.165) is 11.1 Å². The van der Waals surface area contributed by atoms with Crippen LogP contribution in [0.5, 0.6) is 5.75 Å². The van der Waals surface area contributed by atoms with Gasteiger partial charge in [0, 0.05) is 5.56 Å². The highest BCUT2D eigenvalue weighted by atomic mass is 32.1. The van der Waals surface area contributed by atoms with Crippen LogP contribution in [0.15, 0.2) is 84.6 Å². The molecule has 1 saturated heterocycles. The van der Waals surface area contributed by atoms with Gasteiger partial charge in [-0.05, 0) is 54.2 Å². The molecule has 0 spiro atoms. The van der Waals surface area contributed by atoms with Crippen LogP contribution in [0, 0.1) is 5.82 Å². The van der Waals surface area contributed by atoms with Gasteiger partial charge in [0.05, 0.1) is 5.69 Å². The van der Waals surface area contributed by atoms with Gasteiger partial charge >= 0.3 is 0 Å². The zero-order chi connectivity index (χ0) is 20.2. The monoisotopic (exact) mass is 404 g/mol. The van der Waals surface area contributed by atoms with Crippen molar-refractivity contribution in [3.63, 3.8) is 0 Å². The maximum atomic E-state index is 13.2. The number of carbonyl (C=O) groups excluding carboxylic acids is 1. The highest BCUT2D eigenvalue weighted by Crippen LogP contribution is 2.26. The molecule has 144 valence electrons. The van der Waals surface area contributed by atoms with Crippen molar-refractivity contribution in [2.75, 3.05) is 4.90 Å². The predicted molar refractivity (Wildman–Crippen MR) is 115 cm³/mol. The summed E-state index contributed by atoms with van der Waals surface area (Å²) in [5.41, 5.74) is 2.64. The second-order valence-corrected chi connectivity index (χ2v) is 6.80. The van der Waals surface area contributed by atoms with Crippen LogP contribution in [0.3, 0.4) is 0 Å². The van der Waals surface area contributed by atoms with Gasteiger partial charge in [-0.25, -0.2) is 4.39 Å². The van der Waals surface area contributed by atoms with E-state index in [2.05, 4.69) is 5.32 Å². The molecule has 1 fully saturated rings. The fraction of sp³-hybridized carbons (Fsp3) is 0.0435. The lowest BCUT2D eigenvalue weighted by Gasteiger charge is -2.13. The highest BCUT2D eigenvalue weighted by molar-refractivity contribution is 7.80. The molecular weight excluding hydrogens is 387 g/mol. The van der Waals surface area contributed by atoms with Gasteiger partial charge in [0.2, 0.25) is 0 Å². The molecule has 29 heavy (non-hydrogen) atoms. The highest BCUT2D eigenvalue weighted by Gasteiger charge is 2.32. The molecule has 3 aromatic rings. The zero-order valence-corrected chi connectivity index (χ0v) is 16.2. The van der Waals surface area contributed by atoms with E-state index in [0.29, 0.717) is 23.7 Å². The van der Waals surface area contributed by atoms with Crippen LogP contribution in [0.2, 0.25) is 0 Å². The summed E-state index contributed by atoms with van der Waals surface area (Å²) in [5.74, 6) is -0.0244. The summed E-state index contributed by atoms with van der Waals surface area (Å²) in [6.45, 7) is 0.419. The molecular formula is C23H17FN2O2S. The van der Waals surface area contributed by atoms with Gasteiger partial charge in [-0.15, -0.1) is 0 Å². The molecule has 0 aromatic heterocycles. The first-order chi connectivity index (χ1) is 14.1. The van der Waals surface area contributed by atoms with Crippen LogP contribution < -0.4 is 15.0 Å². The number of ether oxygens (including phenoxy) is 1. The van der Waals surface area contributed by atoms with Crippen LogP contribution in [0.4, 0.5) is 10.1 Å². The summed E-state index contributed by atoms with van der Waals surface area (Å²) in [6.07, 6.45) is 1.71. The van der Waals surface area contributed by atoms with E-state index in [1.807, 2.05) is 54.6 Å². The van der Waals surface area contributed by atoms with E-state index >= 15 is 0 Å². The molecule has 1 aliphatic rings. The first kappa shape index (κ1) is 18.8. The fourth-order valence-electron chi connectivity index (χ4n) is 2.98. The molecule has 0 aliphatic carbocycles. The first-order valence-electron chi connectivity index (χ1n) is 9.00. The van der Waals surface area contributed by atoms with E-state index in [1.165, 1.54) is 29.2 Å². The van der Waals surface area contributed by atoms with Crippen molar-refractivity contribution in [3.8, 4) is 5.75 Å². The van der Waals surface area contributed by atoms with E-state index in [1.54, 1.807) is 6.08 Å². The van der Waals surface area contributed by atoms with Gasteiger partial charge in [-0.2, -0.15) is 0 Å². The normalized spacial score (nSPS) is 14.9. The van der Waals surface area contributed by atoms with Crippen molar-refractivity contribution >= 4 is 35.0 Å². The SMILES string of the molecule is O=C1/C(=C\c2ccccc2OCc2ccccc2)NC(=S)N1c1ccc(F)cc1. The molecule has 4 nitrogen and oxygen atoms in total. The third-order valence-electron chi connectivity index (χ3n) is 4.42. The number of thiocarbonyl (C=S) groups is 1. The summed E-state index contributed by atoms with van der Waals surface area (Å²) in [4.78, 5) is 14.2. The number of amides is 1. The summed E-state index contributed by atoms with van der Waals surface area (Å²) in [5, 5.41) is 3.18. The fourth-order valence-corrected chi connectivity index (χ4v) is 3.28. The average Bonchev–Trinajstić information content (AvgIpc) is 3.02. The van der Waals surface area contributed by atoms with Crippen LogP contribution >= 0.6 is 12.2 Å². The van der Waals surface area contributed by atoms with Crippen LogP contribution in [-0.4, -0.2) is 11.0 Å². The van der Waals surface area contributed by atoms with E-state index < -0.39 is 0 Å². The third kappa shape index (κ3) is 4.17. The van der Waals surface area contributed by atoms with Crippen molar-refractivity contribution in [3.05, 3.63) is 102 Å². The van der Waals surface area contributed by atoms with Crippen LogP contribution in [0.25, 0.3) is 6.08 Å². The number of anilines is 1. The molecule has 0 unspecified atom stereocenters. The van der Waals surface area contributed by atoms with Crippen molar-refractivity contribution in [1.29, 1.82) is 0 Å². The molecule has 1 N–H and O–H groups in total. The molecule has 6 heteroatoms. The Bertz CT molecular complexity index is 1080. The molecule has 0 saturated carbocycles. The number of hydrogen-bond donors (Lipinski definition) is 1. The number of para-hydroxylation sites is 1. The predicted octanol–water partition coefficient (Wildman–Crippen LogP) is 4.67. The largest absolute Gasteiger partial charge is 0.488 e. The Morgan fingerprint density at radius 1 is 0.966 bits per heavy atom. The quantitative estimate of drug-likeness (QED) is 0.496. The average molecular weight is 404 g/mol. The molecule has 0 bridgehead atoms. The second kappa shape index (κ2) is 8.24. The molecule has 4 rings (SSSR count). The Morgan fingerprint density at radius 3 is 2.41 bits per heavy atom. The van der Waals surface area contributed by atoms with Gasteiger partial charge in [0.25, 0.3) is 5.91 Å². The number of carbonyl (C=O) groups is 1. The van der Waals surface area contributed by atoms with Crippen molar-refractivity contribution in [2.45, 2.75) is 6.61 Å². The molecule has 3 aromatic carbocycles. The zero-order valence-electron chi connectivity index (χ0n) is 15.3. The lowest BCUT2D eigenvalue weighted by molar-refractivity contribution is -0.113. The topological polar surface area (TPSA) is 41.6 Å². The Morgan fingerprint density at radius 2 is 1.66 bits per heavy atom. The maximum Gasteiger partial charge on any atom is 0.281 e. The van der Waals surface area contributed by atoms with Gasteiger partial charge in [0.1, 0.15) is 23.9 Å². The van der Waals surface area contributed by atoms with E-state index in [-0.39, 0.29) is 16.8 Å². The molecule has 1 heterocycles. The molecule has 1 aliphatic heterocycles. The molecule has 0 atom stereocenters. The van der Waals surface area contributed by atoms with E-state index in [9.17, 15) is 9.18 Å². The third-order valence-corrected chi connectivity index (χ3v) is 4.70. The number of hydrogen-bond acceptors (Lipinski definition) is 3. The van der Waals surface area contributed by atoms with Gasteiger partial charge in [-0.1, -0.05) is 48.5 Å². The Kier molecular flexibility index (Phi) is 5.35. The van der Waals surface area contributed by atoms with Gasteiger partial charge in [-0.3, -0.25) is 9.69 Å². The minimum absolute atomic E-state index is 0.246. The first-order valence-corrected chi connectivity index (χ1v) is 9.41. The van der Waals surface area contributed by atoms with Crippen molar-refractivity contribution < 1.29 is 13.9 Å². The van der Waals surface area contributed by atoms with Gasteiger partial charge in [0.15, 0.2) is 5.11 Å². The number of halogens is 1. The Labute approximate surface area is 173 Å². The minimum Gasteiger partial charge on any atom is -0.488 e. The number of nitrogens with one attached hydrogen (secondary N) is 1. The number of nitrogens with zero attached hydrogens (tertiary/aromatic N) is 1. The summed E-state index contributed by atoms with van der Waals surface area (Å²) >= 11 is 5.30. The smallest absolute Gasteiger partial charge is 0.281 e. The Balaban J connectivity index is 1.57. The van der Waals surface area contributed by atoms with Crippen LogP contribution in [-0.2, 0) is 11.4 Å². The second-order valence-electron chi connectivity index (χ2n) is 6.42.